The van der Waals surface area contributed by atoms with Gasteiger partial charge in [-0.1, -0.05) is 0 Å². The van der Waals surface area contributed by atoms with Crippen LogP contribution in [0.25, 0.3) is 0 Å². The number of aryl methyl sites for hydroxylation is 1. The molecule has 1 aromatic heterocycles. The van der Waals surface area contributed by atoms with Crippen molar-refractivity contribution in [2.45, 2.75) is 13.5 Å². The van der Waals surface area contributed by atoms with E-state index in [2.05, 4.69) is 5.10 Å². The van der Waals surface area contributed by atoms with Gasteiger partial charge >= 0.3 is 0 Å². The summed E-state index contributed by atoms with van der Waals surface area (Å²) in [7, 11) is 0. The lowest BCUT2D eigenvalue weighted by Crippen LogP contribution is -2.02. The van der Waals surface area contributed by atoms with Crippen LogP contribution in [0.2, 0.25) is 0 Å². The number of nitrogens with zero attached hydrogens (tertiary/aromatic N) is 2. The number of aldehydes is 1. The molecule has 0 unspecified atom stereocenters. The second kappa shape index (κ2) is 2.60. The summed E-state index contributed by atoms with van der Waals surface area (Å²) in [5.74, 6) is -0.542. The second-order valence-electron chi connectivity index (χ2n) is 1.96. The maximum atomic E-state index is 12.3. The molecule has 0 aliphatic heterocycles. The fourth-order valence-electron chi connectivity index (χ4n) is 0.725. The minimum atomic E-state index is -0.542. The highest BCUT2D eigenvalue weighted by molar-refractivity contribution is 5.49. The van der Waals surface area contributed by atoms with Gasteiger partial charge in [-0.3, -0.25) is 4.68 Å². The van der Waals surface area contributed by atoms with Gasteiger partial charge in [0.15, 0.2) is 0 Å². The molecule has 0 saturated carbocycles. The third-order valence-electron chi connectivity index (χ3n) is 1.20. The Hall–Kier alpha value is -1.19. The Morgan fingerprint density at radius 2 is 2.60 bits per heavy atom. The maximum absolute atomic E-state index is 12.3. The molecule has 1 rings (SSSR count). The molecule has 54 valence electrons. The average Bonchev–Trinajstić information content (AvgIpc) is 2.13. The SMILES string of the molecule is Cc1cc(F)nn1CC=O. The van der Waals surface area contributed by atoms with Crippen LogP contribution in [0.4, 0.5) is 4.39 Å². The zero-order valence-corrected chi connectivity index (χ0v) is 5.54. The van der Waals surface area contributed by atoms with Gasteiger partial charge in [0, 0.05) is 11.8 Å². The summed E-state index contributed by atoms with van der Waals surface area (Å²) >= 11 is 0. The van der Waals surface area contributed by atoms with Crippen molar-refractivity contribution in [3.63, 3.8) is 0 Å². The van der Waals surface area contributed by atoms with Gasteiger partial charge in [-0.25, -0.2) is 0 Å². The first-order chi connectivity index (χ1) is 4.74. The molecule has 0 aliphatic carbocycles. The zero-order chi connectivity index (χ0) is 7.56. The van der Waals surface area contributed by atoms with Crippen LogP contribution in [0, 0.1) is 12.9 Å². The van der Waals surface area contributed by atoms with E-state index in [0.717, 1.165) is 0 Å². The Balaban J connectivity index is 2.91. The Morgan fingerprint density at radius 1 is 1.90 bits per heavy atom. The van der Waals surface area contributed by atoms with Gasteiger partial charge in [0.2, 0.25) is 5.95 Å². The number of carbonyl (C=O) groups is 1. The lowest BCUT2D eigenvalue weighted by molar-refractivity contribution is -0.108. The molecule has 0 bridgehead atoms. The van der Waals surface area contributed by atoms with Crippen molar-refractivity contribution in [2.75, 3.05) is 0 Å². The second-order valence-corrected chi connectivity index (χ2v) is 1.96. The molecule has 0 amide bonds. The number of hydrogen-bond donors (Lipinski definition) is 0. The summed E-state index contributed by atoms with van der Waals surface area (Å²) in [6, 6.07) is 1.28. The first-order valence-corrected chi connectivity index (χ1v) is 2.87. The van der Waals surface area contributed by atoms with E-state index in [1.807, 2.05) is 0 Å². The molecule has 0 radical (unpaired) electrons. The molecule has 1 aromatic rings. The fourth-order valence-corrected chi connectivity index (χ4v) is 0.725. The highest BCUT2D eigenvalue weighted by atomic mass is 19.1. The van der Waals surface area contributed by atoms with Crippen LogP contribution in [-0.4, -0.2) is 16.1 Å². The van der Waals surface area contributed by atoms with Gasteiger partial charge < -0.3 is 4.79 Å². The number of aromatic nitrogens is 2. The van der Waals surface area contributed by atoms with Crippen molar-refractivity contribution < 1.29 is 9.18 Å². The third-order valence-corrected chi connectivity index (χ3v) is 1.20. The van der Waals surface area contributed by atoms with Gasteiger partial charge in [0.25, 0.3) is 0 Å². The van der Waals surface area contributed by atoms with Gasteiger partial charge in [0.1, 0.15) is 6.29 Å². The van der Waals surface area contributed by atoms with E-state index in [9.17, 15) is 9.18 Å². The fraction of sp³-hybridized carbons (Fsp3) is 0.333. The lowest BCUT2D eigenvalue weighted by Gasteiger charge is -1.93. The molecular formula is C6H7FN2O. The minimum Gasteiger partial charge on any atom is -0.301 e. The molecule has 0 aliphatic rings. The molecule has 10 heavy (non-hydrogen) atoms. The molecule has 0 spiro atoms. The van der Waals surface area contributed by atoms with E-state index >= 15 is 0 Å². The number of carbonyl (C=O) groups excluding carboxylic acids is 1. The predicted octanol–water partition coefficient (Wildman–Crippen LogP) is 0.530. The smallest absolute Gasteiger partial charge is 0.232 e. The van der Waals surface area contributed by atoms with Crippen LogP contribution in [0.3, 0.4) is 0 Å². The third kappa shape index (κ3) is 1.21. The Bertz CT molecular complexity index is 244. The molecule has 3 nitrogen and oxygen atoms in total. The van der Waals surface area contributed by atoms with Crippen LogP contribution < -0.4 is 0 Å². The molecule has 0 aromatic carbocycles. The summed E-state index contributed by atoms with van der Waals surface area (Å²) in [4.78, 5) is 9.95. The van der Waals surface area contributed by atoms with Crippen LogP contribution in [0.5, 0.6) is 0 Å². The van der Waals surface area contributed by atoms with E-state index in [0.29, 0.717) is 12.0 Å². The molecule has 4 heteroatoms. The standard InChI is InChI=1S/C6H7FN2O/c1-5-4-6(7)8-9(5)2-3-10/h3-4H,2H2,1H3. The number of hydrogen-bond acceptors (Lipinski definition) is 2. The van der Waals surface area contributed by atoms with Crippen LogP contribution in [0.15, 0.2) is 6.07 Å². The quantitative estimate of drug-likeness (QED) is 0.564. The minimum absolute atomic E-state index is 0.121. The van der Waals surface area contributed by atoms with Gasteiger partial charge in [-0.15, -0.1) is 5.10 Å². The summed E-state index contributed by atoms with van der Waals surface area (Å²) < 4.78 is 13.6. The van der Waals surface area contributed by atoms with Gasteiger partial charge in [-0.05, 0) is 6.92 Å². The Labute approximate surface area is 57.5 Å². The van der Waals surface area contributed by atoms with Crippen molar-refractivity contribution in [2.24, 2.45) is 0 Å². The van der Waals surface area contributed by atoms with Gasteiger partial charge in [-0.2, -0.15) is 4.39 Å². The highest BCUT2D eigenvalue weighted by Gasteiger charge is 2.00. The topological polar surface area (TPSA) is 34.9 Å². The molecule has 0 N–H and O–H groups in total. The summed E-state index contributed by atoms with van der Waals surface area (Å²) in [5, 5.41) is 3.42. The summed E-state index contributed by atoms with van der Waals surface area (Å²) in [6.07, 6.45) is 0.680. The van der Waals surface area contributed by atoms with Crippen LogP contribution in [0.1, 0.15) is 5.69 Å². The van der Waals surface area contributed by atoms with E-state index < -0.39 is 5.95 Å². The largest absolute Gasteiger partial charge is 0.301 e. The Kier molecular flexibility index (Phi) is 1.80. The number of rotatable bonds is 2. The van der Waals surface area contributed by atoms with E-state index in [1.54, 1.807) is 6.92 Å². The van der Waals surface area contributed by atoms with E-state index in [-0.39, 0.29) is 6.54 Å². The zero-order valence-electron chi connectivity index (χ0n) is 5.54. The van der Waals surface area contributed by atoms with E-state index in [1.165, 1.54) is 10.7 Å². The predicted molar refractivity (Wildman–Crippen MR) is 33.0 cm³/mol. The normalized spacial score (nSPS) is 9.80. The molecular weight excluding hydrogens is 135 g/mol. The van der Waals surface area contributed by atoms with Crippen molar-refractivity contribution in [1.82, 2.24) is 9.78 Å². The van der Waals surface area contributed by atoms with Crippen molar-refractivity contribution in [3.8, 4) is 0 Å². The first kappa shape index (κ1) is 6.92. The maximum Gasteiger partial charge on any atom is 0.232 e. The monoisotopic (exact) mass is 142 g/mol. The Morgan fingerprint density at radius 3 is 3.00 bits per heavy atom. The molecule has 0 atom stereocenters. The molecule has 0 fully saturated rings. The van der Waals surface area contributed by atoms with Gasteiger partial charge in [0.05, 0.1) is 6.54 Å². The van der Waals surface area contributed by atoms with E-state index in [4.69, 9.17) is 0 Å². The lowest BCUT2D eigenvalue weighted by atomic mass is 10.5. The summed E-state index contributed by atoms with van der Waals surface area (Å²) in [5.41, 5.74) is 0.657. The van der Waals surface area contributed by atoms with Crippen molar-refractivity contribution >= 4 is 6.29 Å². The average molecular weight is 142 g/mol. The highest BCUT2D eigenvalue weighted by Crippen LogP contribution is 1.99. The van der Waals surface area contributed by atoms with Crippen molar-refractivity contribution in [1.29, 1.82) is 0 Å². The molecule has 0 saturated heterocycles. The molecule has 1 heterocycles. The first-order valence-electron chi connectivity index (χ1n) is 2.87. The van der Waals surface area contributed by atoms with Crippen LogP contribution in [-0.2, 0) is 11.3 Å². The number of halogens is 1. The van der Waals surface area contributed by atoms with Crippen LogP contribution >= 0.6 is 0 Å². The summed E-state index contributed by atoms with van der Waals surface area (Å²) in [6.45, 7) is 1.81. The van der Waals surface area contributed by atoms with Crippen molar-refractivity contribution in [3.05, 3.63) is 17.7 Å².